The molecule has 88 valence electrons. The molecule has 0 saturated carbocycles. The first-order chi connectivity index (χ1) is 7.56. The molecule has 1 atom stereocenters. The van der Waals surface area contributed by atoms with Crippen LogP contribution in [0, 0.1) is 5.92 Å². The third-order valence-corrected chi connectivity index (χ3v) is 3.13. The second kappa shape index (κ2) is 6.01. The summed E-state index contributed by atoms with van der Waals surface area (Å²) in [5, 5.41) is 11.9. The Labute approximate surface area is 104 Å². The maximum absolute atomic E-state index is 11.9. The monoisotopic (exact) mass is 285 g/mol. The highest BCUT2D eigenvalue weighted by Gasteiger charge is 2.17. The van der Waals surface area contributed by atoms with Crippen LogP contribution in [0.2, 0.25) is 0 Å². The molecule has 0 saturated heterocycles. The van der Waals surface area contributed by atoms with E-state index in [2.05, 4.69) is 21.2 Å². The molecule has 0 fully saturated rings. The number of carbonyl (C=O) groups excluding carboxylic acids is 1. The number of carbonyl (C=O) groups is 1. The van der Waals surface area contributed by atoms with Crippen LogP contribution in [0.3, 0.4) is 0 Å². The maximum Gasteiger partial charge on any atom is 0.252 e. The average molecular weight is 286 g/mol. The molecule has 0 unspecified atom stereocenters. The standard InChI is InChI=1S/C12H16BrNO2/c1-8(2)11(7-15)14-12(16)9-5-3-4-6-10(9)13/h3-6,8,11,15H,7H2,1-2H3,(H,14,16)/t11-/m0/s1. The van der Waals surface area contributed by atoms with Gasteiger partial charge in [-0.3, -0.25) is 4.79 Å². The Morgan fingerprint density at radius 2 is 2.06 bits per heavy atom. The Morgan fingerprint density at radius 1 is 1.44 bits per heavy atom. The van der Waals surface area contributed by atoms with Crippen molar-refractivity contribution >= 4 is 21.8 Å². The van der Waals surface area contributed by atoms with Crippen molar-refractivity contribution in [3.05, 3.63) is 34.3 Å². The van der Waals surface area contributed by atoms with Crippen molar-refractivity contribution in [3.8, 4) is 0 Å². The van der Waals surface area contributed by atoms with Gasteiger partial charge >= 0.3 is 0 Å². The molecule has 16 heavy (non-hydrogen) atoms. The van der Waals surface area contributed by atoms with E-state index in [-0.39, 0.29) is 24.5 Å². The Morgan fingerprint density at radius 3 is 2.56 bits per heavy atom. The van der Waals surface area contributed by atoms with Crippen LogP contribution in [-0.2, 0) is 0 Å². The van der Waals surface area contributed by atoms with Gasteiger partial charge in [0.25, 0.3) is 5.91 Å². The fourth-order valence-electron chi connectivity index (χ4n) is 1.31. The summed E-state index contributed by atoms with van der Waals surface area (Å²) in [5.41, 5.74) is 0.585. The highest BCUT2D eigenvalue weighted by atomic mass is 79.9. The van der Waals surface area contributed by atoms with Crippen molar-refractivity contribution in [1.29, 1.82) is 0 Å². The molecule has 1 aromatic carbocycles. The van der Waals surface area contributed by atoms with Crippen molar-refractivity contribution in [1.82, 2.24) is 5.32 Å². The largest absolute Gasteiger partial charge is 0.394 e. The number of aliphatic hydroxyl groups excluding tert-OH is 1. The molecule has 0 spiro atoms. The average Bonchev–Trinajstić information content (AvgIpc) is 2.25. The van der Waals surface area contributed by atoms with E-state index in [4.69, 9.17) is 5.11 Å². The Bertz CT molecular complexity index is 366. The molecule has 0 bridgehead atoms. The third-order valence-electron chi connectivity index (χ3n) is 2.44. The smallest absolute Gasteiger partial charge is 0.252 e. The van der Waals surface area contributed by atoms with E-state index in [9.17, 15) is 4.79 Å². The fourth-order valence-corrected chi connectivity index (χ4v) is 1.78. The number of rotatable bonds is 4. The molecular weight excluding hydrogens is 270 g/mol. The van der Waals surface area contributed by atoms with Crippen LogP contribution >= 0.6 is 15.9 Å². The van der Waals surface area contributed by atoms with Crippen LogP contribution in [0.25, 0.3) is 0 Å². The summed E-state index contributed by atoms with van der Waals surface area (Å²) in [6, 6.07) is 7.02. The van der Waals surface area contributed by atoms with E-state index in [1.165, 1.54) is 0 Å². The lowest BCUT2D eigenvalue weighted by Gasteiger charge is -2.20. The van der Waals surface area contributed by atoms with E-state index in [0.717, 1.165) is 4.47 Å². The van der Waals surface area contributed by atoms with E-state index < -0.39 is 0 Å². The lowest BCUT2D eigenvalue weighted by molar-refractivity contribution is 0.0896. The normalized spacial score (nSPS) is 12.6. The number of hydrogen-bond acceptors (Lipinski definition) is 2. The molecule has 1 rings (SSSR count). The number of halogens is 1. The number of aliphatic hydroxyl groups is 1. The minimum atomic E-state index is -0.209. The summed E-state index contributed by atoms with van der Waals surface area (Å²) in [4.78, 5) is 11.9. The van der Waals surface area contributed by atoms with Crippen molar-refractivity contribution in [2.45, 2.75) is 19.9 Å². The first-order valence-electron chi connectivity index (χ1n) is 5.22. The van der Waals surface area contributed by atoms with Crippen molar-refractivity contribution < 1.29 is 9.90 Å². The first-order valence-corrected chi connectivity index (χ1v) is 6.01. The minimum absolute atomic E-state index is 0.0478. The number of amides is 1. The van der Waals surface area contributed by atoms with Gasteiger partial charge in [0.2, 0.25) is 0 Å². The quantitative estimate of drug-likeness (QED) is 0.891. The molecule has 0 radical (unpaired) electrons. The number of hydrogen-bond donors (Lipinski definition) is 2. The topological polar surface area (TPSA) is 49.3 Å². The van der Waals surface area contributed by atoms with Crippen LogP contribution in [-0.4, -0.2) is 23.7 Å². The molecule has 0 aliphatic carbocycles. The summed E-state index contributed by atoms with van der Waals surface area (Å²) < 4.78 is 0.757. The second-order valence-corrected chi connectivity index (χ2v) is 4.84. The van der Waals surface area contributed by atoms with Crippen molar-refractivity contribution in [2.75, 3.05) is 6.61 Å². The van der Waals surface area contributed by atoms with Gasteiger partial charge in [-0.1, -0.05) is 26.0 Å². The molecule has 2 N–H and O–H groups in total. The van der Waals surface area contributed by atoms with E-state index in [1.807, 2.05) is 32.0 Å². The molecule has 1 amide bonds. The van der Waals surface area contributed by atoms with Crippen LogP contribution in [0.1, 0.15) is 24.2 Å². The highest BCUT2D eigenvalue weighted by Crippen LogP contribution is 2.16. The van der Waals surface area contributed by atoms with Crippen LogP contribution in [0.5, 0.6) is 0 Å². The van der Waals surface area contributed by atoms with Gasteiger partial charge in [0.15, 0.2) is 0 Å². The second-order valence-electron chi connectivity index (χ2n) is 3.99. The van der Waals surface area contributed by atoms with Gasteiger partial charge in [-0.2, -0.15) is 0 Å². The Kier molecular flexibility index (Phi) is 4.96. The zero-order chi connectivity index (χ0) is 12.1. The Balaban J connectivity index is 2.76. The van der Waals surface area contributed by atoms with Crippen LogP contribution in [0.15, 0.2) is 28.7 Å². The maximum atomic E-state index is 11.9. The van der Waals surface area contributed by atoms with Gasteiger partial charge in [0.1, 0.15) is 0 Å². The first kappa shape index (κ1) is 13.2. The van der Waals surface area contributed by atoms with E-state index >= 15 is 0 Å². The fraction of sp³-hybridized carbons (Fsp3) is 0.417. The number of nitrogens with one attached hydrogen (secondary N) is 1. The van der Waals surface area contributed by atoms with Crippen LogP contribution in [0.4, 0.5) is 0 Å². The van der Waals surface area contributed by atoms with Gasteiger partial charge < -0.3 is 10.4 Å². The molecule has 0 heterocycles. The van der Waals surface area contributed by atoms with E-state index in [1.54, 1.807) is 6.07 Å². The minimum Gasteiger partial charge on any atom is -0.394 e. The van der Waals surface area contributed by atoms with Gasteiger partial charge in [0, 0.05) is 4.47 Å². The predicted molar refractivity (Wildman–Crippen MR) is 67.3 cm³/mol. The Hall–Kier alpha value is -0.870. The van der Waals surface area contributed by atoms with Crippen molar-refractivity contribution in [2.24, 2.45) is 5.92 Å². The molecule has 1 aromatic rings. The lowest BCUT2D eigenvalue weighted by atomic mass is 10.0. The van der Waals surface area contributed by atoms with Crippen LogP contribution < -0.4 is 5.32 Å². The highest BCUT2D eigenvalue weighted by molar-refractivity contribution is 9.10. The van der Waals surface area contributed by atoms with Gasteiger partial charge in [0.05, 0.1) is 18.2 Å². The molecular formula is C12H16BrNO2. The van der Waals surface area contributed by atoms with E-state index in [0.29, 0.717) is 5.56 Å². The zero-order valence-electron chi connectivity index (χ0n) is 9.40. The number of benzene rings is 1. The SMILES string of the molecule is CC(C)[C@H](CO)NC(=O)c1ccccc1Br. The lowest BCUT2D eigenvalue weighted by Crippen LogP contribution is -2.41. The summed E-state index contributed by atoms with van der Waals surface area (Å²) in [6.45, 7) is 3.87. The summed E-state index contributed by atoms with van der Waals surface area (Å²) >= 11 is 3.32. The predicted octanol–water partition coefficient (Wildman–Crippen LogP) is 2.20. The zero-order valence-corrected chi connectivity index (χ0v) is 11.0. The molecule has 0 aliphatic rings. The van der Waals surface area contributed by atoms with Crippen molar-refractivity contribution in [3.63, 3.8) is 0 Å². The van der Waals surface area contributed by atoms with Gasteiger partial charge in [-0.15, -0.1) is 0 Å². The van der Waals surface area contributed by atoms with Gasteiger partial charge in [-0.25, -0.2) is 0 Å². The summed E-state index contributed by atoms with van der Waals surface area (Å²) in [5.74, 6) is 0.0386. The molecule has 4 heteroatoms. The summed E-state index contributed by atoms with van der Waals surface area (Å²) in [7, 11) is 0. The van der Waals surface area contributed by atoms with Gasteiger partial charge in [-0.05, 0) is 34.0 Å². The molecule has 3 nitrogen and oxygen atoms in total. The third kappa shape index (κ3) is 3.32. The molecule has 0 aliphatic heterocycles. The summed E-state index contributed by atoms with van der Waals surface area (Å²) in [6.07, 6.45) is 0. The molecule has 0 aromatic heterocycles.